The molecule has 0 aliphatic carbocycles. The van der Waals surface area contributed by atoms with E-state index in [-0.39, 0.29) is 12.6 Å². The molecule has 6 nitrogen and oxygen atoms in total. The maximum absolute atomic E-state index is 11.5. The maximum atomic E-state index is 11.5. The van der Waals surface area contributed by atoms with E-state index in [4.69, 9.17) is 23.7 Å². The zero-order valence-electron chi connectivity index (χ0n) is 18.5. The summed E-state index contributed by atoms with van der Waals surface area (Å²) in [4.78, 5) is 11.5. The molecule has 7 heteroatoms. The number of hydrogen-bond acceptors (Lipinski definition) is 7. The molecule has 0 saturated carbocycles. The lowest BCUT2D eigenvalue weighted by molar-refractivity contribution is -0.160. The number of carbonyl (C=O) groups is 1. The molecule has 30 heavy (non-hydrogen) atoms. The van der Waals surface area contributed by atoms with Crippen molar-refractivity contribution >= 4 is 23.5 Å². The van der Waals surface area contributed by atoms with Crippen molar-refractivity contribution in [1.82, 2.24) is 0 Å². The Balaban J connectivity index is 1.61. The fourth-order valence-electron chi connectivity index (χ4n) is 2.66. The third kappa shape index (κ3) is 8.81. The molecular weight excluding hydrogens is 404 g/mol. The van der Waals surface area contributed by atoms with Crippen LogP contribution in [0.4, 0.5) is 0 Å². The van der Waals surface area contributed by atoms with Crippen molar-refractivity contribution in [3.8, 4) is 5.75 Å². The second-order valence-corrected chi connectivity index (χ2v) is 8.58. The van der Waals surface area contributed by atoms with E-state index in [0.717, 1.165) is 28.6 Å². The van der Waals surface area contributed by atoms with Gasteiger partial charge in [0.2, 0.25) is 0 Å². The van der Waals surface area contributed by atoms with Crippen LogP contribution in [0.5, 0.6) is 5.75 Å². The molecule has 166 valence electrons. The molecular formula is C23H32O6S. The van der Waals surface area contributed by atoms with Crippen LogP contribution in [0, 0.1) is 0 Å². The number of esters is 1. The number of thioether (sulfide) groups is 1. The van der Waals surface area contributed by atoms with Gasteiger partial charge in [0.1, 0.15) is 30.3 Å². The summed E-state index contributed by atoms with van der Waals surface area (Å²) in [7, 11) is 0. The minimum atomic E-state index is -0.500. The van der Waals surface area contributed by atoms with Gasteiger partial charge in [-0.3, -0.25) is 0 Å². The topological polar surface area (TPSA) is 63.2 Å². The lowest BCUT2D eigenvalue weighted by atomic mass is 10.1. The Morgan fingerprint density at radius 2 is 1.73 bits per heavy atom. The van der Waals surface area contributed by atoms with E-state index in [0.29, 0.717) is 26.4 Å². The van der Waals surface area contributed by atoms with Crippen LogP contribution in [0.2, 0.25) is 0 Å². The molecule has 0 N–H and O–H groups in total. The standard InChI is InChI=1S/C23H32O6S/c1-17-6-11-21(30-5)28-22(17)18-7-9-19(10-8-18)27-15-14-25-12-13-26-16-20(24)29-23(2,3)4/h7-11H,6,12-16H2,1-5H3. The smallest absolute Gasteiger partial charge is 0.332 e. The van der Waals surface area contributed by atoms with E-state index in [2.05, 4.69) is 13.0 Å². The summed E-state index contributed by atoms with van der Waals surface area (Å²) < 4.78 is 27.5. The zero-order chi connectivity index (χ0) is 22.0. The van der Waals surface area contributed by atoms with Gasteiger partial charge in [0.15, 0.2) is 5.09 Å². The van der Waals surface area contributed by atoms with Gasteiger partial charge in [-0.25, -0.2) is 4.79 Å². The lowest BCUT2D eigenvalue weighted by Gasteiger charge is -2.19. The normalized spacial score (nSPS) is 14.2. The summed E-state index contributed by atoms with van der Waals surface area (Å²) in [6, 6.07) is 7.87. The van der Waals surface area contributed by atoms with Crippen LogP contribution in [0.15, 0.2) is 41.0 Å². The molecule has 0 atom stereocenters. The molecule has 0 unspecified atom stereocenters. The van der Waals surface area contributed by atoms with E-state index in [1.165, 1.54) is 5.57 Å². The summed E-state index contributed by atoms with van der Waals surface area (Å²) in [5.41, 5.74) is 1.75. The highest BCUT2D eigenvalue weighted by Crippen LogP contribution is 2.33. The molecule has 0 fully saturated rings. The molecule has 1 aromatic rings. The second-order valence-electron chi connectivity index (χ2n) is 7.77. The van der Waals surface area contributed by atoms with Gasteiger partial charge in [0, 0.05) is 5.56 Å². The van der Waals surface area contributed by atoms with Gasteiger partial charge in [-0.1, -0.05) is 11.8 Å². The predicted molar refractivity (Wildman–Crippen MR) is 119 cm³/mol. The monoisotopic (exact) mass is 436 g/mol. The number of hydrogen-bond donors (Lipinski definition) is 0. The summed E-state index contributed by atoms with van der Waals surface area (Å²) in [5.74, 6) is 1.32. The Bertz CT molecular complexity index is 746. The van der Waals surface area contributed by atoms with Gasteiger partial charge >= 0.3 is 5.97 Å². The van der Waals surface area contributed by atoms with Gasteiger partial charge < -0.3 is 23.7 Å². The first-order valence-corrected chi connectivity index (χ1v) is 11.2. The van der Waals surface area contributed by atoms with E-state index in [1.54, 1.807) is 11.8 Å². The molecule has 1 aliphatic rings. The summed E-state index contributed by atoms with van der Waals surface area (Å²) >= 11 is 1.61. The number of carbonyl (C=O) groups excluding carboxylic acids is 1. The first-order valence-electron chi connectivity index (χ1n) is 10.0. The van der Waals surface area contributed by atoms with Crippen molar-refractivity contribution in [2.75, 3.05) is 39.3 Å². The molecule has 2 rings (SSSR count). The van der Waals surface area contributed by atoms with E-state index >= 15 is 0 Å². The van der Waals surface area contributed by atoms with E-state index in [1.807, 2.05) is 51.3 Å². The Hall–Kier alpha value is -1.96. The zero-order valence-corrected chi connectivity index (χ0v) is 19.3. The highest BCUT2D eigenvalue weighted by Gasteiger charge is 2.16. The second kappa shape index (κ2) is 12.0. The largest absolute Gasteiger partial charge is 0.491 e. The van der Waals surface area contributed by atoms with E-state index < -0.39 is 5.60 Å². The van der Waals surface area contributed by atoms with Crippen LogP contribution in [-0.2, 0) is 23.7 Å². The van der Waals surface area contributed by atoms with Crippen LogP contribution in [0.3, 0.4) is 0 Å². The molecule has 0 radical (unpaired) electrons. The minimum Gasteiger partial charge on any atom is -0.491 e. The number of rotatable bonds is 11. The van der Waals surface area contributed by atoms with Gasteiger partial charge in [-0.05, 0) is 76.3 Å². The van der Waals surface area contributed by atoms with Crippen molar-refractivity contribution in [2.45, 2.75) is 39.7 Å². The van der Waals surface area contributed by atoms with E-state index in [9.17, 15) is 4.79 Å². The first-order chi connectivity index (χ1) is 14.3. The average molecular weight is 437 g/mol. The maximum Gasteiger partial charge on any atom is 0.332 e. The Morgan fingerprint density at radius 3 is 2.40 bits per heavy atom. The molecule has 0 amide bonds. The SMILES string of the molecule is CSC1=CCC(C)=C(c2ccc(OCCOCCOCC(=O)OC(C)(C)C)cc2)O1. The molecule has 0 saturated heterocycles. The average Bonchev–Trinajstić information content (AvgIpc) is 2.69. The molecule has 1 aliphatic heterocycles. The Labute approximate surface area is 183 Å². The van der Waals surface area contributed by atoms with Crippen molar-refractivity contribution < 1.29 is 28.5 Å². The third-order valence-electron chi connectivity index (χ3n) is 3.99. The van der Waals surface area contributed by atoms with Crippen molar-refractivity contribution in [3.05, 3.63) is 46.6 Å². The highest BCUT2D eigenvalue weighted by molar-refractivity contribution is 8.02. The van der Waals surface area contributed by atoms with Gasteiger partial charge in [0.25, 0.3) is 0 Å². The van der Waals surface area contributed by atoms with Crippen LogP contribution >= 0.6 is 11.8 Å². The third-order valence-corrected chi connectivity index (χ3v) is 4.64. The quantitative estimate of drug-likeness (QED) is 0.365. The van der Waals surface area contributed by atoms with Gasteiger partial charge in [0.05, 0.1) is 19.8 Å². The molecule has 1 aromatic carbocycles. The predicted octanol–water partition coefficient (Wildman–Crippen LogP) is 4.80. The summed E-state index contributed by atoms with van der Waals surface area (Å²) in [5, 5.41) is 0.933. The van der Waals surface area contributed by atoms with Crippen molar-refractivity contribution in [3.63, 3.8) is 0 Å². The van der Waals surface area contributed by atoms with Crippen molar-refractivity contribution in [1.29, 1.82) is 0 Å². The lowest BCUT2D eigenvalue weighted by Crippen LogP contribution is -2.27. The molecule has 1 heterocycles. The number of benzene rings is 1. The Kier molecular flexibility index (Phi) is 9.75. The summed E-state index contributed by atoms with van der Waals surface area (Å²) in [6.45, 7) is 9.07. The van der Waals surface area contributed by atoms with Crippen LogP contribution in [0.1, 0.15) is 39.7 Å². The molecule has 0 spiro atoms. The highest BCUT2D eigenvalue weighted by atomic mass is 32.2. The minimum absolute atomic E-state index is 0.0721. The van der Waals surface area contributed by atoms with Crippen LogP contribution in [0.25, 0.3) is 5.76 Å². The molecule has 0 aromatic heterocycles. The van der Waals surface area contributed by atoms with Gasteiger partial charge in [-0.15, -0.1) is 0 Å². The Morgan fingerprint density at radius 1 is 1.07 bits per heavy atom. The van der Waals surface area contributed by atoms with Gasteiger partial charge in [-0.2, -0.15) is 0 Å². The first kappa shape index (κ1) is 24.3. The van der Waals surface area contributed by atoms with Crippen LogP contribution < -0.4 is 4.74 Å². The van der Waals surface area contributed by atoms with Crippen LogP contribution in [-0.4, -0.2) is 50.9 Å². The summed E-state index contributed by atoms with van der Waals surface area (Å²) in [6.07, 6.45) is 5.02. The van der Waals surface area contributed by atoms with Crippen molar-refractivity contribution in [2.24, 2.45) is 0 Å². The number of ether oxygens (including phenoxy) is 5. The molecule has 0 bridgehead atoms. The fourth-order valence-corrected chi connectivity index (χ4v) is 3.07. The fraction of sp³-hybridized carbons (Fsp3) is 0.522. The number of allylic oxidation sites excluding steroid dienone is 2.